The minimum atomic E-state index is -4.69. The standard InChI is InChI=1S/C16H14F3N3O4/c1-2-26-15-6-3-10(7-14(15)23)9-20-21-12-5-4-11(16(17,18)19)8-13(12)22(24)25/h3-9,21,23H,2H2,1H3/b20-9-. The van der Waals surface area contributed by atoms with Gasteiger partial charge in [0.15, 0.2) is 11.5 Å². The molecule has 0 unspecified atom stereocenters. The number of hydrazone groups is 1. The Morgan fingerprint density at radius 2 is 2.04 bits per heavy atom. The number of ether oxygens (including phenoxy) is 1. The molecule has 138 valence electrons. The highest BCUT2D eigenvalue weighted by atomic mass is 19.4. The molecule has 0 aliphatic rings. The number of nitro groups is 1. The number of nitrogens with one attached hydrogen (secondary N) is 1. The van der Waals surface area contributed by atoms with Crippen LogP contribution in [0.1, 0.15) is 18.1 Å². The fourth-order valence-electron chi connectivity index (χ4n) is 2.02. The van der Waals surface area contributed by atoms with Crippen LogP contribution < -0.4 is 10.2 Å². The molecule has 0 saturated heterocycles. The zero-order chi connectivity index (χ0) is 19.3. The normalized spacial score (nSPS) is 11.5. The van der Waals surface area contributed by atoms with Gasteiger partial charge in [-0.2, -0.15) is 18.3 Å². The summed E-state index contributed by atoms with van der Waals surface area (Å²) in [5, 5.41) is 24.5. The number of rotatable bonds is 6. The Labute approximate surface area is 145 Å². The molecular formula is C16H14F3N3O4. The van der Waals surface area contributed by atoms with Crippen LogP contribution in [0.15, 0.2) is 41.5 Å². The maximum Gasteiger partial charge on any atom is 0.416 e. The molecule has 0 fully saturated rings. The first kappa shape index (κ1) is 19.0. The topological polar surface area (TPSA) is 97.0 Å². The zero-order valence-electron chi connectivity index (χ0n) is 13.4. The van der Waals surface area contributed by atoms with E-state index in [0.717, 1.165) is 6.07 Å². The molecule has 26 heavy (non-hydrogen) atoms. The predicted molar refractivity (Wildman–Crippen MR) is 88.6 cm³/mol. The van der Waals surface area contributed by atoms with Crippen LogP contribution in [-0.2, 0) is 6.18 Å². The van der Waals surface area contributed by atoms with E-state index in [4.69, 9.17) is 4.74 Å². The van der Waals surface area contributed by atoms with Crippen molar-refractivity contribution >= 4 is 17.6 Å². The smallest absolute Gasteiger partial charge is 0.416 e. The summed E-state index contributed by atoms with van der Waals surface area (Å²) in [5.41, 5.74) is 0.693. The number of phenolic OH excluding ortho intramolecular Hbond substituents is 1. The Morgan fingerprint density at radius 1 is 1.31 bits per heavy atom. The SMILES string of the molecule is CCOc1ccc(/C=N\Nc2ccc(C(F)(F)F)cc2[N+](=O)[O-])cc1O. The van der Waals surface area contributed by atoms with Gasteiger partial charge in [-0.25, -0.2) is 0 Å². The summed E-state index contributed by atoms with van der Waals surface area (Å²) in [5.74, 6) is 0.173. The Morgan fingerprint density at radius 3 is 2.62 bits per heavy atom. The fraction of sp³-hybridized carbons (Fsp3) is 0.188. The number of nitrogens with zero attached hydrogens (tertiary/aromatic N) is 2. The molecule has 7 nitrogen and oxygen atoms in total. The lowest BCUT2D eigenvalue weighted by atomic mass is 10.1. The average Bonchev–Trinajstić information content (AvgIpc) is 2.56. The minimum absolute atomic E-state index is 0.115. The summed E-state index contributed by atoms with van der Waals surface area (Å²) < 4.78 is 43.1. The second-order valence-electron chi connectivity index (χ2n) is 5.02. The molecule has 10 heteroatoms. The van der Waals surface area contributed by atoms with E-state index in [2.05, 4.69) is 10.5 Å². The molecule has 0 saturated carbocycles. The van der Waals surface area contributed by atoms with Gasteiger partial charge in [-0.15, -0.1) is 0 Å². The predicted octanol–water partition coefficient (Wildman–Crippen LogP) is 4.16. The Bertz CT molecular complexity index is 838. The number of alkyl halides is 3. The van der Waals surface area contributed by atoms with E-state index in [1.807, 2.05) is 0 Å². The number of hydrogen-bond acceptors (Lipinski definition) is 6. The first-order valence-electron chi connectivity index (χ1n) is 7.33. The second kappa shape index (κ2) is 7.72. The van der Waals surface area contributed by atoms with Gasteiger partial charge < -0.3 is 9.84 Å². The van der Waals surface area contributed by atoms with Gasteiger partial charge in [0.2, 0.25) is 0 Å². The molecule has 0 aliphatic carbocycles. The van der Waals surface area contributed by atoms with Crippen molar-refractivity contribution in [1.29, 1.82) is 0 Å². The van der Waals surface area contributed by atoms with Gasteiger partial charge in [0, 0.05) is 6.07 Å². The van der Waals surface area contributed by atoms with Crippen LogP contribution >= 0.6 is 0 Å². The lowest BCUT2D eigenvalue weighted by molar-refractivity contribution is -0.384. The van der Waals surface area contributed by atoms with Crippen molar-refractivity contribution in [3.8, 4) is 11.5 Å². The number of anilines is 1. The van der Waals surface area contributed by atoms with Gasteiger partial charge in [0.25, 0.3) is 5.69 Å². The number of halogens is 3. The van der Waals surface area contributed by atoms with Crippen LogP contribution in [0.2, 0.25) is 0 Å². The number of nitro benzene ring substituents is 1. The van der Waals surface area contributed by atoms with Gasteiger partial charge in [-0.1, -0.05) is 0 Å². The Kier molecular flexibility index (Phi) is 5.65. The Balaban J connectivity index is 2.19. The molecule has 2 N–H and O–H groups in total. The average molecular weight is 369 g/mol. The summed E-state index contributed by atoms with van der Waals surface area (Å²) in [6.45, 7) is 2.13. The molecule has 0 bridgehead atoms. The summed E-state index contributed by atoms with van der Waals surface area (Å²) in [4.78, 5) is 10.0. The van der Waals surface area contributed by atoms with Crippen LogP contribution in [0.4, 0.5) is 24.5 Å². The van der Waals surface area contributed by atoms with Crippen molar-refractivity contribution in [2.45, 2.75) is 13.1 Å². The number of benzene rings is 2. The summed E-state index contributed by atoms with van der Waals surface area (Å²) in [6.07, 6.45) is -3.44. The third-order valence-electron chi connectivity index (χ3n) is 3.20. The first-order valence-corrected chi connectivity index (χ1v) is 7.33. The van der Waals surface area contributed by atoms with Gasteiger partial charge in [0.05, 0.1) is 23.3 Å². The fourth-order valence-corrected chi connectivity index (χ4v) is 2.02. The van der Waals surface area contributed by atoms with E-state index in [1.54, 1.807) is 13.0 Å². The van der Waals surface area contributed by atoms with Crippen molar-refractivity contribution in [3.63, 3.8) is 0 Å². The molecule has 2 aromatic rings. The maximum absolute atomic E-state index is 12.7. The Hall–Kier alpha value is -3.30. The number of phenols is 1. The van der Waals surface area contributed by atoms with Gasteiger partial charge in [0.1, 0.15) is 5.69 Å². The van der Waals surface area contributed by atoms with E-state index in [-0.39, 0.29) is 17.2 Å². The second-order valence-corrected chi connectivity index (χ2v) is 5.02. The minimum Gasteiger partial charge on any atom is -0.504 e. The molecular weight excluding hydrogens is 355 g/mol. The zero-order valence-corrected chi connectivity index (χ0v) is 13.4. The van der Waals surface area contributed by atoms with Crippen molar-refractivity contribution in [2.75, 3.05) is 12.0 Å². The molecule has 0 amide bonds. The molecule has 0 spiro atoms. The monoisotopic (exact) mass is 369 g/mol. The summed E-state index contributed by atoms with van der Waals surface area (Å²) in [7, 11) is 0. The van der Waals surface area contributed by atoms with E-state index in [9.17, 15) is 28.4 Å². The van der Waals surface area contributed by atoms with Gasteiger partial charge >= 0.3 is 6.18 Å². The molecule has 0 radical (unpaired) electrons. The van der Waals surface area contributed by atoms with Crippen LogP contribution in [0.5, 0.6) is 11.5 Å². The highest BCUT2D eigenvalue weighted by molar-refractivity contribution is 5.81. The largest absolute Gasteiger partial charge is 0.504 e. The lowest BCUT2D eigenvalue weighted by Crippen LogP contribution is -2.06. The van der Waals surface area contributed by atoms with E-state index in [1.165, 1.54) is 18.3 Å². The molecule has 2 rings (SSSR count). The molecule has 0 heterocycles. The van der Waals surface area contributed by atoms with E-state index in [0.29, 0.717) is 24.3 Å². The quantitative estimate of drug-likeness (QED) is 0.453. The molecule has 2 aromatic carbocycles. The lowest BCUT2D eigenvalue weighted by Gasteiger charge is -2.08. The number of hydrogen-bond donors (Lipinski definition) is 2. The number of aromatic hydroxyl groups is 1. The van der Waals surface area contributed by atoms with Gasteiger partial charge in [-0.3, -0.25) is 15.5 Å². The summed E-state index contributed by atoms with van der Waals surface area (Å²) >= 11 is 0. The highest BCUT2D eigenvalue weighted by Crippen LogP contribution is 2.35. The first-order chi connectivity index (χ1) is 12.2. The van der Waals surface area contributed by atoms with E-state index < -0.39 is 22.4 Å². The summed E-state index contributed by atoms with van der Waals surface area (Å²) in [6, 6.07) is 6.53. The molecule has 0 aliphatic heterocycles. The van der Waals surface area contributed by atoms with E-state index >= 15 is 0 Å². The van der Waals surface area contributed by atoms with Crippen LogP contribution in [0.25, 0.3) is 0 Å². The van der Waals surface area contributed by atoms with Gasteiger partial charge in [-0.05, 0) is 42.8 Å². The molecule has 0 atom stereocenters. The highest BCUT2D eigenvalue weighted by Gasteiger charge is 2.33. The third kappa shape index (κ3) is 4.62. The van der Waals surface area contributed by atoms with Crippen LogP contribution in [-0.4, -0.2) is 22.9 Å². The van der Waals surface area contributed by atoms with Crippen molar-refractivity contribution in [1.82, 2.24) is 0 Å². The van der Waals surface area contributed by atoms with Crippen LogP contribution in [0.3, 0.4) is 0 Å². The van der Waals surface area contributed by atoms with Crippen LogP contribution in [0, 0.1) is 10.1 Å². The third-order valence-corrected chi connectivity index (χ3v) is 3.20. The van der Waals surface area contributed by atoms with Crippen molar-refractivity contribution in [2.24, 2.45) is 5.10 Å². The maximum atomic E-state index is 12.7. The van der Waals surface area contributed by atoms with Crippen molar-refractivity contribution < 1.29 is 27.9 Å². The van der Waals surface area contributed by atoms with Crippen molar-refractivity contribution in [3.05, 3.63) is 57.6 Å². The molecule has 0 aromatic heterocycles.